The molecule has 0 bridgehead atoms. The number of nitrogens with one attached hydrogen (secondary N) is 1. The minimum Gasteiger partial charge on any atom is -0.496 e. The average Bonchev–Trinajstić information content (AvgIpc) is 3.13. The van der Waals surface area contributed by atoms with Crippen molar-refractivity contribution >= 4 is 34.7 Å². The molecule has 0 amide bonds. The Bertz CT molecular complexity index is 790. The number of aromatic amines is 1. The third kappa shape index (κ3) is 4.45. The number of halogens is 1. The normalized spacial score (nSPS) is 19.0. The van der Waals surface area contributed by atoms with Crippen molar-refractivity contribution in [3.8, 4) is 5.75 Å². The summed E-state index contributed by atoms with van der Waals surface area (Å²) in [4.78, 5) is 23.4. The van der Waals surface area contributed by atoms with Crippen LogP contribution < -0.4 is 4.74 Å². The number of phosphoric acid groups is 1. The fourth-order valence-electron chi connectivity index (χ4n) is 3.47. The molecular weight excluding hydrogens is 411 g/mol. The lowest BCUT2D eigenvalue weighted by atomic mass is 10.1. The van der Waals surface area contributed by atoms with Crippen LogP contribution in [-0.2, 0) is 15.5 Å². The van der Waals surface area contributed by atoms with Crippen LogP contribution in [0.15, 0.2) is 22.8 Å². The molecule has 7 nitrogen and oxygen atoms in total. The highest BCUT2D eigenvalue weighted by Crippen LogP contribution is 2.37. The van der Waals surface area contributed by atoms with Crippen molar-refractivity contribution in [2.24, 2.45) is 0 Å². The molecule has 0 radical (unpaired) electrons. The molecule has 0 aliphatic carbocycles. The number of benzene rings is 1. The fraction of sp³-hybridized carbons (Fsp3) is 0.500. The topological polar surface area (TPSA) is 95.0 Å². The molecule has 3 rings (SSSR count). The molecule has 1 aliphatic heterocycles. The maximum atomic E-state index is 10.9. The average molecular weight is 433 g/mol. The Balaban J connectivity index is 1.72. The summed E-state index contributed by atoms with van der Waals surface area (Å²) in [5, 5.41) is 1.07. The van der Waals surface area contributed by atoms with Gasteiger partial charge in [-0.2, -0.15) is 0 Å². The molecule has 9 heteroatoms. The Morgan fingerprint density at radius 3 is 2.96 bits per heavy atom. The molecule has 1 atom stereocenters. The second-order valence-corrected chi connectivity index (χ2v) is 8.20. The SMILES string of the molecule is COc1cccc2[nH]c(Br)c(CCN3CCC[C@H]3COP(=O)(O)O)c12. The van der Waals surface area contributed by atoms with Gasteiger partial charge in [-0.3, -0.25) is 9.42 Å². The van der Waals surface area contributed by atoms with Crippen molar-refractivity contribution in [1.82, 2.24) is 9.88 Å². The van der Waals surface area contributed by atoms with Gasteiger partial charge in [0, 0.05) is 18.0 Å². The van der Waals surface area contributed by atoms with Crippen LogP contribution in [0, 0.1) is 0 Å². The summed E-state index contributed by atoms with van der Waals surface area (Å²) in [7, 11) is -2.76. The number of nitrogens with zero attached hydrogens (tertiary/aromatic N) is 1. The van der Waals surface area contributed by atoms with Gasteiger partial charge in [-0.15, -0.1) is 0 Å². The molecule has 1 aliphatic rings. The van der Waals surface area contributed by atoms with Gasteiger partial charge >= 0.3 is 7.82 Å². The first-order valence-electron chi connectivity index (χ1n) is 8.16. The number of phosphoric ester groups is 1. The van der Waals surface area contributed by atoms with E-state index >= 15 is 0 Å². The van der Waals surface area contributed by atoms with E-state index in [1.54, 1.807) is 7.11 Å². The molecule has 2 aromatic rings. The second-order valence-electron chi connectivity index (χ2n) is 6.17. The maximum Gasteiger partial charge on any atom is 0.469 e. The first-order chi connectivity index (χ1) is 11.9. The van der Waals surface area contributed by atoms with Crippen molar-refractivity contribution in [2.45, 2.75) is 25.3 Å². The van der Waals surface area contributed by atoms with Gasteiger partial charge in [-0.25, -0.2) is 4.57 Å². The Hall–Kier alpha value is -0.890. The van der Waals surface area contributed by atoms with Gasteiger partial charge in [-0.1, -0.05) is 6.07 Å². The number of hydrogen-bond acceptors (Lipinski definition) is 4. The molecule has 1 aromatic heterocycles. The lowest BCUT2D eigenvalue weighted by Crippen LogP contribution is -2.34. The van der Waals surface area contributed by atoms with E-state index in [0.717, 1.165) is 59.2 Å². The quantitative estimate of drug-likeness (QED) is 0.582. The van der Waals surface area contributed by atoms with Crippen molar-refractivity contribution in [2.75, 3.05) is 26.8 Å². The predicted octanol–water partition coefficient (Wildman–Crippen LogP) is 3.06. The van der Waals surface area contributed by atoms with Crippen LogP contribution in [0.4, 0.5) is 0 Å². The Morgan fingerprint density at radius 1 is 1.44 bits per heavy atom. The van der Waals surface area contributed by atoms with Gasteiger partial charge in [0.05, 0.1) is 23.8 Å². The number of fused-ring (bicyclic) bond motifs is 1. The van der Waals surface area contributed by atoms with E-state index in [4.69, 9.17) is 19.0 Å². The number of aromatic nitrogens is 1. The van der Waals surface area contributed by atoms with Crippen molar-refractivity contribution < 1.29 is 23.6 Å². The summed E-state index contributed by atoms with van der Waals surface area (Å²) in [6.45, 7) is 1.76. The van der Waals surface area contributed by atoms with E-state index in [9.17, 15) is 4.57 Å². The number of hydrogen-bond donors (Lipinski definition) is 3. The Labute approximate surface area is 154 Å². The highest BCUT2D eigenvalue weighted by molar-refractivity contribution is 9.10. The van der Waals surface area contributed by atoms with Crippen LogP contribution >= 0.6 is 23.8 Å². The summed E-state index contributed by atoms with van der Waals surface area (Å²) in [5.41, 5.74) is 2.16. The third-order valence-corrected chi connectivity index (χ3v) is 5.80. The summed E-state index contributed by atoms with van der Waals surface area (Å²) >= 11 is 3.60. The largest absolute Gasteiger partial charge is 0.496 e. The molecule has 25 heavy (non-hydrogen) atoms. The van der Waals surface area contributed by atoms with Gasteiger partial charge in [-0.05, 0) is 59.4 Å². The van der Waals surface area contributed by atoms with Crippen LogP contribution in [0.3, 0.4) is 0 Å². The van der Waals surface area contributed by atoms with Gasteiger partial charge in [0.2, 0.25) is 0 Å². The summed E-state index contributed by atoms with van der Waals surface area (Å²) in [5.74, 6) is 0.831. The van der Waals surface area contributed by atoms with Gasteiger partial charge in [0.1, 0.15) is 5.75 Å². The standard InChI is InChI=1S/C16H22BrN2O5P/c1-23-14-6-2-5-13-15(14)12(16(17)18-13)7-9-19-8-3-4-11(19)10-24-25(20,21)22/h2,5-6,11,18H,3-4,7-10H2,1H3,(H2,20,21,22)/t11-/m0/s1. The Morgan fingerprint density at radius 2 is 2.24 bits per heavy atom. The van der Waals surface area contributed by atoms with Crippen LogP contribution in [0.25, 0.3) is 10.9 Å². The highest BCUT2D eigenvalue weighted by atomic mass is 79.9. The first-order valence-corrected chi connectivity index (χ1v) is 10.5. The van der Waals surface area contributed by atoms with E-state index in [1.807, 2.05) is 18.2 Å². The molecule has 2 heterocycles. The van der Waals surface area contributed by atoms with Crippen LogP contribution in [0.2, 0.25) is 0 Å². The summed E-state index contributed by atoms with van der Waals surface area (Å²) < 4.78 is 22.1. The maximum absolute atomic E-state index is 10.9. The number of H-pyrrole nitrogens is 1. The lowest BCUT2D eigenvalue weighted by Gasteiger charge is -2.24. The Kier molecular flexibility index (Phi) is 5.88. The van der Waals surface area contributed by atoms with Gasteiger partial charge < -0.3 is 19.5 Å². The van der Waals surface area contributed by atoms with Crippen molar-refractivity contribution in [3.63, 3.8) is 0 Å². The molecule has 0 unspecified atom stereocenters. The van der Waals surface area contributed by atoms with Crippen molar-refractivity contribution in [1.29, 1.82) is 0 Å². The third-order valence-electron chi connectivity index (χ3n) is 4.64. The number of methoxy groups -OCH3 is 1. The fourth-order valence-corrected chi connectivity index (χ4v) is 4.45. The molecule has 0 saturated carbocycles. The predicted molar refractivity (Wildman–Crippen MR) is 98.8 cm³/mol. The molecule has 3 N–H and O–H groups in total. The molecule has 0 spiro atoms. The van der Waals surface area contributed by atoms with Crippen molar-refractivity contribution in [3.05, 3.63) is 28.4 Å². The van der Waals surface area contributed by atoms with Crippen LogP contribution in [0.1, 0.15) is 18.4 Å². The molecular formula is C16H22BrN2O5P. The number of likely N-dealkylation sites (tertiary alicyclic amines) is 1. The molecule has 1 fully saturated rings. The van der Waals surface area contributed by atoms with E-state index in [0.29, 0.717) is 0 Å². The zero-order valence-electron chi connectivity index (χ0n) is 13.9. The smallest absolute Gasteiger partial charge is 0.469 e. The van der Waals surface area contributed by atoms with Gasteiger partial charge in [0.15, 0.2) is 0 Å². The lowest BCUT2D eigenvalue weighted by molar-refractivity contribution is 0.135. The zero-order valence-corrected chi connectivity index (χ0v) is 16.4. The van der Waals surface area contributed by atoms with E-state index in [1.165, 1.54) is 0 Å². The number of ether oxygens (including phenoxy) is 1. The van der Waals surface area contributed by atoms with Crippen LogP contribution in [0.5, 0.6) is 5.75 Å². The molecule has 138 valence electrons. The minimum atomic E-state index is -4.42. The van der Waals surface area contributed by atoms with E-state index in [2.05, 4.69) is 25.8 Å². The number of rotatable bonds is 7. The van der Waals surface area contributed by atoms with E-state index in [-0.39, 0.29) is 12.6 Å². The molecule has 1 aromatic carbocycles. The summed E-state index contributed by atoms with van der Waals surface area (Å²) in [6.07, 6.45) is 2.69. The monoisotopic (exact) mass is 432 g/mol. The van der Waals surface area contributed by atoms with E-state index < -0.39 is 7.82 Å². The minimum absolute atomic E-state index is 0.0403. The van der Waals surface area contributed by atoms with Crippen LogP contribution in [-0.4, -0.2) is 52.5 Å². The first kappa shape index (κ1) is 18.9. The second kappa shape index (κ2) is 7.78. The van der Waals surface area contributed by atoms with Gasteiger partial charge in [0.25, 0.3) is 0 Å². The zero-order chi connectivity index (χ0) is 18.0. The summed E-state index contributed by atoms with van der Waals surface area (Å²) in [6, 6.07) is 5.94. The highest BCUT2D eigenvalue weighted by Gasteiger charge is 2.28. The molecule has 1 saturated heterocycles.